The Morgan fingerprint density at radius 2 is 1.70 bits per heavy atom. The Kier molecular flexibility index (Phi) is 7.40. The molecule has 0 saturated carbocycles. The fourth-order valence-electron chi connectivity index (χ4n) is 4.03. The van der Waals surface area contributed by atoms with Gasteiger partial charge in [0, 0.05) is 6.54 Å². The van der Waals surface area contributed by atoms with E-state index in [4.69, 9.17) is 9.72 Å². The lowest BCUT2D eigenvalue weighted by Crippen LogP contribution is -2.30. The molecule has 1 atom stereocenters. The second-order valence-electron chi connectivity index (χ2n) is 8.26. The second-order valence-corrected chi connectivity index (χ2v) is 8.26. The highest BCUT2D eigenvalue weighted by Gasteiger charge is 2.18. The number of fused-ring (bicyclic) bond motifs is 1. The minimum absolute atomic E-state index is 0.00818. The van der Waals surface area contributed by atoms with Crippen molar-refractivity contribution >= 4 is 16.9 Å². The second kappa shape index (κ2) is 10.8. The Morgan fingerprint density at radius 3 is 2.45 bits per heavy atom. The Morgan fingerprint density at radius 1 is 0.970 bits per heavy atom. The lowest BCUT2D eigenvalue weighted by molar-refractivity contribution is -0.121. The predicted octanol–water partition coefficient (Wildman–Crippen LogP) is 5.49. The van der Waals surface area contributed by atoms with E-state index in [1.807, 2.05) is 67.6 Å². The Hall–Kier alpha value is -3.60. The van der Waals surface area contributed by atoms with Crippen molar-refractivity contribution in [1.82, 2.24) is 14.9 Å². The average Bonchev–Trinajstić information content (AvgIpc) is 3.21. The van der Waals surface area contributed by atoms with Crippen molar-refractivity contribution in [2.24, 2.45) is 0 Å². The third kappa shape index (κ3) is 5.80. The van der Waals surface area contributed by atoms with Crippen LogP contribution in [0.25, 0.3) is 11.0 Å². The number of nitrogens with zero attached hydrogens (tertiary/aromatic N) is 2. The molecule has 0 spiro atoms. The van der Waals surface area contributed by atoms with E-state index in [0.29, 0.717) is 13.0 Å². The number of amides is 1. The summed E-state index contributed by atoms with van der Waals surface area (Å²) in [5.74, 6) is 1.75. The summed E-state index contributed by atoms with van der Waals surface area (Å²) >= 11 is 0. The maximum atomic E-state index is 12.6. The van der Waals surface area contributed by atoms with Crippen LogP contribution in [0.1, 0.15) is 43.3 Å². The van der Waals surface area contributed by atoms with E-state index in [9.17, 15) is 4.79 Å². The zero-order valence-electron chi connectivity index (χ0n) is 19.3. The van der Waals surface area contributed by atoms with Crippen molar-refractivity contribution in [2.45, 2.75) is 45.7 Å². The summed E-state index contributed by atoms with van der Waals surface area (Å²) in [5.41, 5.74) is 4.32. The minimum Gasteiger partial charge on any atom is -0.494 e. The van der Waals surface area contributed by atoms with Crippen LogP contribution in [0, 0.1) is 0 Å². The summed E-state index contributed by atoms with van der Waals surface area (Å²) in [4.78, 5) is 17.5. The lowest BCUT2D eigenvalue weighted by atomic mass is 10.1. The molecule has 0 bridgehead atoms. The average molecular weight is 442 g/mol. The Labute approximate surface area is 195 Å². The molecule has 0 fully saturated rings. The van der Waals surface area contributed by atoms with Gasteiger partial charge in [0.2, 0.25) is 5.91 Å². The summed E-state index contributed by atoms with van der Waals surface area (Å²) in [7, 11) is 0. The number of imidazole rings is 1. The highest BCUT2D eigenvalue weighted by Crippen LogP contribution is 2.22. The summed E-state index contributed by atoms with van der Waals surface area (Å²) in [6, 6.07) is 26.0. The van der Waals surface area contributed by atoms with Gasteiger partial charge in [0.1, 0.15) is 11.6 Å². The standard InChI is InChI=1S/C28H31N3O2/c1-3-22-14-16-24(17-15-22)33-19-9-18-31-26-13-8-7-12-25(26)30-28(31)21(2)29-27(32)20-23-10-5-4-6-11-23/h4-8,10-17,21H,3,9,18-20H2,1-2H3,(H,29,32). The number of hydrogen-bond donors (Lipinski definition) is 1. The zero-order chi connectivity index (χ0) is 23.0. The van der Waals surface area contributed by atoms with Gasteiger partial charge >= 0.3 is 0 Å². The molecule has 0 radical (unpaired) electrons. The highest BCUT2D eigenvalue weighted by molar-refractivity contribution is 5.79. The maximum Gasteiger partial charge on any atom is 0.224 e. The van der Waals surface area contributed by atoms with Crippen molar-refractivity contribution in [2.75, 3.05) is 6.61 Å². The van der Waals surface area contributed by atoms with Crippen molar-refractivity contribution in [3.63, 3.8) is 0 Å². The van der Waals surface area contributed by atoms with E-state index in [0.717, 1.165) is 47.6 Å². The number of aromatic nitrogens is 2. The fourth-order valence-corrected chi connectivity index (χ4v) is 4.03. The van der Waals surface area contributed by atoms with E-state index < -0.39 is 0 Å². The van der Waals surface area contributed by atoms with Crippen LogP contribution in [0.2, 0.25) is 0 Å². The molecule has 0 aliphatic rings. The molecular formula is C28H31N3O2. The molecule has 0 aliphatic heterocycles. The Balaban J connectivity index is 1.41. The number of nitrogens with one attached hydrogen (secondary N) is 1. The summed E-state index contributed by atoms with van der Waals surface area (Å²) in [6.07, 6.45) is 2.22. The summed E-state index contributed by atoms with van der Waals surface area (Å²) in [5, 5.41) is 3.12. The molecular weight excluding hydrogens is 410 g/mol. The molecule has 0 aliphatic carbocycles. The topological polar surface area (TPSA) is 56.1 Å². The van der Waals surface area contributed by atoms with Crippen LogP contribution in [0.3, 0.4) is 0 Å². The summed E-state index contributed by atoms with van der Waals surface area (Å²) < 4.78 is 8.14. The van der Waals surface area contributed by atoms with Crippen LogP contribution in [0.4, 0.5) is 0 Å². The van der Waals surface area contributed by atoms with E-state index in [2.05, 4.69) is 35.0 Å². The smallest absolute Gasteiger partial charge is 0.224 e. The Bertz CT molecular complexity index is 1180. The maximum absolute atomic E-state index is 12.6. The van der Waals surface area contributed by atoms with Gasteiger partial charge in [0.25, 0.3) is 0 Å². The summed E-state index contributed by atoms with van der Waals surface area (Å²) in [6.45, 7) is 5.52. The first-order valence-electron chi connectivity index (χ1n) is 11.6. The van der Waals surface area contributed by atoms with Crippen LogP contribution in [0.5, 0.6) is 5.75 Å². The van der Waals surface area contributed by atoms with Gasteiger partial charge in [-0.3, -0.25) is 4.79 Å². The van der Waals surface area contributed by atoms with E-state index in [1.54, 1.807) is 0 Å². The molecule has 170 valence electrons. The number of ether oxygens (including phenoxy) is 1. The fraction of sp³-hybridized carbons (Fsp3) is 0.286. The highest BCUT2D eigenvalue weighted by atomic mass is 16.5. The molecule has 4 aromatic rings. The number of aryl methyl sites for hydroxylation is 2. The molecule has 1 N–H and O–H groups in total. The molecule has 33 heavy (non-hydrogen) atoms. The number of para-hydroxylation sites is 2. The largest absolute Gasteiger partial charge is 0.494 e. The third-order valence-corrected chi connectivity index (χ3v) is 5.78. The van der Waals surface area contributed by atoms with Crippen molar-refractivity contribution < 1.29 is 9.53 Å². The molecule has 5 heteroatoms. The quantitative estimate of drug-likeness (QED) is 0.331. The van der Waals surface area contributed by atoms with Crippen LogP contribution < -0.4 is 10.1 Å². The van der Waals surface area contributed by atoms with Crippen LogP contribution in [0.15, 0.2) is 78.9 Å². The molecule has 1 heterocycles. The third-order valence-electron chi connectivity index (χ3n) is 5.78. The molecule has 4 rings (SSSR count). The lowest BCUT2D eigenvalue weighted by Gasteiger charge is -2.17. The monoisotopic (exact) mass is 441 g/mol. The van der Waals surface area contributed by atoms with Crippen LogP contribution in [-0.2, 0) is 24.2 Å². The SMILES string of the molecule is CCc1ccc(OCCCn2c(C(C)NC(=O)Cc3ccccc3)nc3ccccc32)cc1. The van der Waals surface area contributed by atoms with Crippen molar-refractivity contribution in [1.29, 1.82) is 0 Å². The van der Waals surface area contributed by atoms with Crippen molar-refractivity contribution in [3.8, 4) is 5.75 Å². The van der Waals surface area contributed by atoms with Gasteiger partial charge in [0.15, 0.2) is 0 Å². The van der Waals surface area contributed by atoms with E-state index in [-0.39, 0.29) is 11.9 Å². The first kappa shape index (κ1) is 22.6. The molecule has 5 nitrogen and oxygen atoms in total. The number of carbonyl (C=O) groups excluding carboxylic acids is 1. The van der Waals surface area contributed by atoms with Gasteiger partial charge in [0.05, 0.1) is 30.1 Å². The van der Waals surface area contributed by atoms with Gasteiger partial charge < -0.3 is 14.6 Å². The van der Waals surface area contributed by atoms with Crippen molar-refractivity contribution in [3.05, 3.63) is 95.8 Å². The van der Waals surface area contributed by atoms with Gasteiger partial charge in [-0.25, -0.2) is 4.98 Å². The number of carbonyl (C=O) groups is 1. The van der Waals surface area contributed by atoms with Gasteiger partial charge in [-0.1, -0.05) is 61.5 Å². The number of hydrogen-bond acceptors (Lipinski definition) is 3. The zero-order valence-corrected chi connectivity index (χ0v) is 19.3. The number of benzene rings is 3. The van der Waals surface area contributed by atoms with Crippen LogP contribution >= 0.6 is 0 Å². The normalized spacial score (nSPS) is 11.9. The molecule has 1 amide bonds. The van der Waals surface area contributed by atoms with E-state index >= 15 is 0 Å². The van der Waals surface area contributed by atoms with Crippen LogP contribution in [-0.4, -0.2) is 22.1 Å². The minimum atomic E-state index is -0.198. The van der Waals surface area contributed by atoms with Gasteiger partial charge in [-0.2, -0.15) is 0 Å². The predicted molar refractivity (Wildman–Crippen MR) is 132 cm³/mol. The number of rotatable bonds is 10. The molecule has 1 aromatic heterocycles. The molecule has 1 unspecified atom stereocenters. The van der Waals surface area contributed by atoms with E-state index in [1.165, 1.54) is 5.56 Å². The first-order chi connectivity index (χ1) is 16.1. The molecule has 0 saturated heterocycles. The van der Waals surface area contributed by atoms with Gasteiger partial charge in [-0.15, -0.1) is 0 Å². The first-order valence-corrected chi connectivity index (χ1v) is 11.6. The molecule has 3 aromatic carbocycles. The van der Waals surface area contributed by atoms with Gasteiger partial charge in [-0.05, 0) is 55.2 Å².